The van der Waals surface area contributed by atoms with Crippen LogP contribution in [-0.2, 0) is 19.4 Å². The van der Waals surface area contributed by atoms with Crippen LogP contribution in [0.1, 0.15) is 65.7 Å². The molecule has 1 aromatic carbocycles. The lowest BCUT2D eigenvalue weighted by Gasteiger charge is -2.28. The van der Waals surface area contributed by atoms with E-state index in [0.717, 1.165) is 47.7 Å². The summed E-state index contributed by atoms with van der Waals surface area (Å²) in [6.45, 7) is 4.49. The molecule has 1 N–H and O–H groups in total. The van der Waals surface area contributed by atoms with Gasteiger partial charge < -0.3 is 10.2 Å². The number of halogens is 3. The quantitative estimate of drug-likeness (QED) is 0.322. The Bertz CT molecular complexity index is 1460. The summed E-state index contributed by atoms with van der Waals surface area (Å²) in [6.07, 6.45) is 6.59. The number of allylic oxidation sites excluding steroid dienone is 1. The molecule has 3 heterocycles. The lowest BCUT2D eigenvalue weighted by molar-refractivity contribution is -0.126. The maximum absolute atomic E-state index is 13.1. The molecule has 0 amide bonds. The predicted molar refractivity (Wildman–Crippen MR) is 153 cm³/mol. The molecule has 2 atom stereocenters. The fourth-order valence-electron chi connectivity index (χ4n) is 6.98. The second-order valence-corrected chi connectivity index (χ2v) is 12.7. The van der Waals surface area contributed by atoms with E-state index in [0.29, 0.717) is 23.1 Å². The summed E-state index contributed by atoms with van der Waals surface area (Å²) in [4.78, 5) is 12.1. The average Bonchev–Trinajstić information content (AvgIpc) is 3.58. The van der Waals surface area contributed by atoms with Crippen LogP contribution in [0.3, 0.4) is 0 Å². The second kappa shape index (κ2) is 11.1. The first-order valence-electron chi connectivity index (χ1n) is 14.3. The summed E-state index contributed by atoms with van der Waals surface area (Å²) in [5.41, 5.74) is 5.68. The average molecular weight is 566 g/mol. The number of alkyl halides is 3. The van der Waals surface area contributed by atoms with Gasteiger partial charge in [0, 0.05) is 42.5 Å². The summed E-state index contributed by atoms with van der Waals surface area (Å²) in [6, 6.07) is 8.53. The van der Waals surface area contributed by atoms with Gasteiger partial charge in [0.25, 0.3) is 0 Å². The summed E-state index contributed by atoms with van der Waals surface area (Å²) in [7, 11) is 0. The molecule has 2 unspecified atom stereocenters. The topological polar surface area (TPSA) is 64.8 Å². The Kier molecular flexibility index (Phi) is 7.58. The molecule has 40 heavy (non-hydrogen) atoms. The molecule has 2 fully saturated rings. The van der Waals surface area contributed by atoms with E-state index >= 15 is 0 Å². The number of rotatable bonds is 6. The largest absolute Gasteiger partial charge is 0.393 e. The Morgan fingerprint density at radius 2 is 1.93 bits per heavy atom. The van der Waals surface area contributed by atoms with Gasteiger partial charge in [0.1, 0.15) is 17.0 Å². The van der Waals surface area contributed by atoms with Crippen molar-refractivity contribution in [3.8, 4) is 6.07 Å². The Hall–Kier alpha value is -2.96. The first kappa shape index (κ1) is 27.2. The third-order valence-corrected chi connectivity index (χ3v) is 10.1. The van der Waals surface area contributed by atoms with Crippen LogP contribution in [0.5, 0.6) is 0 Å². The minimum atomic E-state index is -4.25. The molecule has 9 heteroatoms. The standard InChI is InChI=1S/C31H34F3N5S/c1-19-23(9-8-22-10-20(14-35)11-25(19)22)15-36-28-17-39(16-27(28)21-6-4-2-3-5-7-21)29-26-12-24(13-31(32,33)34)40-30(26)38-18-37-29/h8-9,11-12,18,21,27-28,36H,2-7,10,13,15-17H2,1H3. The highest BCUT2D eigenvalue weighted by atomic mass is 32.1. The van der Waals surface area contributed by atoms with Gasteiger partial charge in [0.05, 0.1) is 17.9 Å². The van der Waals surface area contributed by atoms with Crippen LogP contribution in [0.4, 0.5) is 19.0 Å². The second-order valence-electron chi connectivity index (χ2n) is 11.6. The molecule has 1 saturated heterocycles. The number of fused-ring (bicyclic) bond motifs is 2. The van der Waals surface area contributed by atoms with Gasteiger partial charge in [0.15, 0.2) is 0 Å². The van der Waals surface area contributed by atoms with E-state index in [2.05, 4.69) is 45.3 Å². The van der Waals surface area contributed by atoms with Crippen molar-refractivity contribution < 1.29 is 13.2 Å². The highest BCUT2D eigenvalue weighted by molar-refractivity contribution is 7.18. The number of aromatic nitrogens is 2. The van der Waals surface area contributed by atoms with Gasteiger partial charge in [-0.1, -0.05) is 50.7 Å². The molecule has 3 aromatic rings. The van der Waals surface area contributed by atoms with Crippen molar-refractivity contribution in [2.24, 2.45) is 11.8 Å². The number of hydrogen-bond acceptors (Lipinski definition) is 6. The van der Waals surface area contributed by atoms with Crippen LogP contribution in [0.15, 0.2) is 30.1 Å². The molecule has 2 aliphatic carbocycles. The zero-order valence-corrected chi connectivity index (χ0v) is 23.5. The number of nitrogens with one attached hydrogen (secondary N) is 1. The number of benzene rings is 1. The number of hydrogen-bond donors (Lipinski definition) is 1. The SMILES string of the molecule is Cc1c(CNC2CN(c3ncnc4sc(CC(F)(F)F)cc34)CC2C2CCCCCC2)ccc2c1C=C(C#N)C2. The van der Waals surface area contributed by atoms with E-state index in [1.807, 2.05) is 6.08 Å². The summed E-state index contributed by atoms with van der Waals surface area (Å²) in [5, 5.41) is 14.0. The van der Waals surface area contributed by atoms with Gasteiger partial charge in [0.2, 0.25) is 0 Å². The summed E-state index contributed by atoms with van der Waals surface area (Å²) >= 11 is 1.11. The van der Waals surface area contributed by atoms with Crippen LogP contribution in [-0.4, -0.2) is 35.3 Å². The van der Waals surface area contributed by atoms with Crippen molar-refractivity contribution in [2.75, 3.05) is 18.0 Å². The number of anilines is 1. The van der Waals surface area contributed by atoms with Crippen molar-refractivity contribution in [1.82, 2.24) is 15.3 Å². The third kappa shape index (κ3) is 5.61. The fraction of sp³-hybridized carbons (Fsp3) is 0.516. The first-order chi connectivity index (χ1) is 19.3. The molecular formula is C31H34F3N5S. The Labute approximate surface area is 237 Å². The Morgan fingerprint density at radius 3 is 2.67 bits per heavy atom. The van der Waals surface area contributed by atoms with Crippen LogP contribution in [0, 0.1) is 30.1 Å². The van der Waals surface area contributed by atoms with E-state index < -0.39 is 12.6 Å². The maximum atomic E-state index is 13.1. The van der Waals surface area contributed by atoms with E-state index in [-0.39, 0.29) is 10.9 Å². The number of thiophene rings is 1. The van der Waals surface area contributed by atoms with Gasteiger partial charge in [-0.05, 0) is 53.2 Å². The smallest absolute Gasteiger partial charge is 0.354 e. The van der Waals surface area contributed by atoms with Gasteiger partial charge in [-0.15, -0.1) is 11.3 Å². The van der Waals surface area contributed by atoms with E-state index in [1.54, 1.807) is 6.07 Å². The van der Waals surface area contributed by atoms with E-state index in [4.69, 9.17) is 0 Å². The van der Waals surface area contributed by atoms with Crippen molar-refractivity contribution in [1.29, 1.82) is 5.26 Å². The zero-order chi connectivity index (χ0) is 27.9. The normalized spacial score (nSPS) is 21.9. The molecular weight excluding hydrogens is 531 g/mol. The third-order valence-electron chi connectivity index (χ3n) is 9.02. The zero-order valence-electron chi connectivity index (χ0n) is 22.7. The fourth-order valence-corrected chi connectivity index (χ4v) is 8.00. The number of nitriles is 1. The molecule has 0 bridgehead atoms. The summed E-state index contributed by atoms with van der Waals surface area (Å²) in [5.74, 6) is 1.81. The molecule has 1 aliphatic heterocycles. The van der Waals surface area contributed by atoms with Gasteiger partial charge in [-0.2, -0.15) is 18.4 Å². The molecule has 5 nitrogen and oxygen atoms in total. The maximum Gasteiger partial charge on any atom is 0.393 e. The minimum absolute atomic E-state index is 0.249. The Balaban J connectivity index is 1.26. The minimum Gasteiger partial charge on any atom is -0.354 e. The lowest BCUT2D eigenvalue weighted by Crippen LogP contribution is -2.39. The van der Waals surface area contributed by atoms with Crippen LogP contribution in [0.2, 0.25) is 0 Å². The molecule has 2 aromatic heterocycles. The van der Waals surface area contributed by atoms with Crippen molar-refractivity contribution in [2.45, 2.75) is 77.1 Å². The molecule has 1 saturated carbocycles. The van der Waals surface area contributed by atoms with E-state index in [9.17, 15) is 18.4 Å². The van der Waals surface area contributed by atoms with Crippen LogP contribution in [0.25, 0.3) is 16.3 Å². The molecule has 0 spiro atoms. The first-order valence-corrected chi connectivity index (χ1v) is 15.1. The van der Waals surface area contributed by atoms with Crippen LogP contribution >= 0.6 is 11.3 Å². The van der Waals surface area contributed by atoms with Gasteiger partial charge >= 0.3 is 6.18 Å². The Morgan fingerprint density at radius 1 is 1.12 bits per heavy atom. The van der Waals surface area contributed by atoms with Crippen molar-refractivity contribution >= 4 is 33.4 Å². The molecule has 0 radical (unpaired) electrons. The number of nitrogens with zero attached hydrogens (tertiary/aromatic N) is 4. The highest BCUT2D eigenvalue weighted by Gasteiger charge is 2.39. The molecule has 210 valence electrons. The monoisotopic (exact) mass is 565 g/mol. The molecule has 3 aliphatic rings. The van der Waals surface area contributed by atoms with E-state index in [1.165, 1.54) is 67.1 Å². The lowest BCUT2D eigenvalue weighted by atomic mass is 9.83. The van der Waals surface area contributed by atoms with Crippen LogP contribution < -0.4 is 10.2 Å². The predicted octanol–water partition coefficient (Wildman–Crippen LogP) is 7.13. The van der Waals surface area contributed by atoms with Gasteiger partial charge in [-0.3, -0.25) is 0 Å². The van der Waals surface area contributed by atoms with Crippen molar-refractivity contribution in [3.05, 3.63) is 57.2 Å². The van der Waals surface area contributed by atoms with Gasteiger partial charge in [-0.25, -0.2) is 9.97 Å². The molecule has 6 rings (SSSR count). The highest BCUT2D eigenvalue weighted by Crippen LogP contribution is 2.39. The summed E-state index contributed by atoms with van der Waals surface area (Å²) < 4.78 is 39.3. The van der Waals surface area contributed by atoms with Crippen molar-refractivity contribution in [3.63, 3.8) is 0 Å².